The highest BCUT2D eigenvalue weighted by atomic mass is 19.3. The molecule has 0 aliphatic heterocycles. The molecule has 1 atom stereocenters. The topological polar surface area (TPSA) is 37.8 Å². The molecule has 3 rings (SSSR count). The Kier molecular flexibility index (Phi) is 4.14. The van der Waals surface area contributed by atoms with E-state index in [2.05, 4.69) is 15.5 Å². The van der Waals surface area contributed by atoms with Crippen LogP contribution in [0.1, 0.15) is 30.5 Å². The average molecular weight is 317 g/mol. The second-order valence-electron chi connectivity index (χ2n) is 5.19. The summed E-state index contributed by atoms with van der Waals surface area (Å²) >= 11 is 0. The second-order valence-corrected chi connectivity index (χ2v) is 5.19. The highest BCUT2D eigenvalue weighted by Crippen LogP contribution is 2.30. The minimum absolute atomic E-state index is 0.184. The zero-order valence-electron chi connectivity index (χ0n) is 12.3. The molecule has 0 saturated carbocycles. The SMILES string of the molecule is C[C@@H](Nc1cnnc2ccccc12)c1cccc(C(F)F)c1F. The summed E-state index contributed by atoms with van der Waals surface area (Å²) in [6, 6.07) is 10.9. The number of nitrogens with one attached hydrogen (secondary N) is 1. The van der Waals surface area contributed by atoms with Gasteiger partial charge in [-0.3, -0.25) is 0 Å². The van der Waals surface area contributed by atoms with Crippen molar-refractivity contribution in [1.82, 2.24) is 10.2 Å². The van der Waals surface area contributed by atoms with Crippen molar-refractivity contribution in [1.29, 1.82) is 0 Å². The van der Waals surface area contributed by atoms with Crippen LogP contribution in [0, 0.1) is 5.82 Å². The van der Waals surface area contributed by atoms with Crippen LogP contribution in [0.25, 0.3) is 10.9 Å². The number of fused-ring (bicyclic) bond motifs is 1. The number of aromatic nitrogens is 2. The predicted molar refractivity (Wildman–Crippen MR) is 82.9 cm³/mol. The van der Waals surface area contributed by atoms with Crippen molar-refractivity contribution in [2.75, 3.05) is 5.32 Å². The Morgan fingerprint density at radius 2 is 1.74 bits per heavy atom. The molecule has 0 amide bonds. The van der Waals surface area contributed by atoms with Crippen LogP contribution in [0.5, 0.6) is 0 Å². The van der Waals surface area contributed by atoms with E-state index >= 15 is 0 Å². The molecule has 1 heterocycles. The molecule has 6 heteroatoms. The maximum absolute atomic E-state index is 14.2. The Hall–Kier alpha value is -2.63. The van der Waals surface area contributed by atoms with Crippen LogP contribution < -0.4 is 5.32 Å². The van der Waals surface area contributed by atoms with Crippen molar-refractivity contribution in [2.24, 2.45) is 0 Å². The van der Waals surface area contributed by atoms with Gasteiger partial charge in [0.15, 0.2) is 0 Å². The number of alkyl halides is 2. The van der Waals surface area contributed by atoms with Gasteiger partial charge in [-0.1, -0.05) is 36.4 Å². The number of rotatable bonds is 4. The van der Waals surface area contributed by atoms with Crippen molar-refractivity contribution >= 4 is 16.6 Å². The van der Waals surface area contributed by atoms with Crippen LogP contribution in [-0.2, 0) is 0 Å². The first kappa shape index (κ1) is 15.3. The van der Waals surface area contributed by atoms with Crippen LogP contribution >= 0.6 is 0 Å². The molecular formula is C17H14F3N3. The summed E-state index contributed by atoms with van der Waals surface area (Å²) in [5.41, 5.74) is 0.967. The summed E-state index contributed by atoms with van der Waals surface area (Å²) in [5.74, 6) is -0.881. The van der Waals surface area contributed by atoms with E-state index in [0.29, 0.717) is 11.2 Å². The molecule has 0 bridgehead atoms. The maximum atomic E-state index is 14.2. The van der Waals surface area contributed by atoms with Crippen molar-refractivity contribution in [3.05, 3.63) is 65.6 Å². The summed E-state index contributed by atoms with van der Waals surface area (Å²) in [4.78, 5) is 0. The van der Waals surface area contributed by atoms with E-state index in [0.717, 1.165) is 11.5 Å². The van der Waals surface area contributed by atoms with Gasteiger partial charge in [0.25, 0.3) is 6.43 Å². The number of benzene rings is 2. The molecule has 3 nitrogen and oxygen atoms in total. The Morgan fingerprint density at radius 3 is 2.52 bits per heavy atom. The zero-order chi connectivity index (χ0) is 16.4. The van der Waals surface area contributed by atoms with E-state index in [1.807, 2.05) is 24.3 Å². The standard InChI is InChI=1S/C17H14F3N3/c1-10(11-6-4-7-13(16(11)18)17(19)20)22-15-9-21-23-14-8-3-2-5-12(14)15/h2-10,17H,1H3,(H,22,23)/t10-/m1/s1. The zero-order valence-corrected chi connectivity index (χ0v) is 12.3. The van der Waals surface area contributed by atoms with E-state index < -0.39 is 23.8 Å². The van der Waals surface area contributed by atoms with Crippen LogP contribution in [-0.4, -0.2) is 10.2 Å². The largest absolute Gasteiger partial charge is 0.377 e. The summed E-state index contributed by atoms with van der Waals surface area (Å²) in [7, 11) is 0. The Morgan fingerprint density at radius 1 is 1.00 bits per heavy atom. The molecule has 0 radical (unpaired) electrons. The van der Waals surface area contributed by atoms with Gasteiger partial charge in [-0.15, -0.1) is 0 Å². The number of hydrogen-bond acceptors (Lipinski definition) is 3. The van der Waals surface area contributed by atoms with Crippen molar-refractivity contribution < 1.29 is 13.2 Å². The van der Waals surface area contributed by atoms with Gasteiger partial charge in [0.2, 0.25) is 0 Å². The fourth-order valence-electron chi connectivity index (χ4n) is 2.50. The molecule has 0 aliphatic carbocycles. The molecule has 2 aromatic carbocycles. The van der Waals surface area contributed by atoms with Gasteiger partial charge in [-0.25, -0.2) is 13.2 Å². The Labute approximate surface area is 131 Å². The molecule has 3 aromatic rings. The number of hydrogen-bond donors (Lipinski definition) is 1. The molecule has 0 saturated heterocycles. The van der Waals surface area contributed by atoms with E-state index in [1.54, 1.807) is 6.92 Å². The van der Waals surface area contributed by atoms with Gasteiger partial charge >= 0.3 is 0 Å². The predicted octanol–water partition coefficient (Wildman–Crippen LogP) is 4.88. The van der Waals surface area contributed by atoms with Gasteiger partial charge in [0.1, 0.15) is 5.82 Å². The molecule has 1 N–H and O–H groups in total. The van der Waals surface area contributed by atoms with Crippen LogP contribution in [0.15, 0.2) is 48.7 Å². The first-order valence-electron chi connectivity index (χ1n) is 7.11. The van der Waals surface area contributed by atoms with Crippen molar-refractivity contribution in [2.45, 2.75) is 19.4 Å². The van der Waals surface area contributed by atoms with Gasteiger partial charge < -0.3 is 5.32 Å². The summed E-state index contributed by atoms with van der Waals surface area (Å²) in [6.45, 7) is 1.71. The molecule has 0 unspecified atom stereocenters. The average Bonchev–Trinajstić information content (AvgIpc) is 2.55. The first-order valence-corrected chi connectivity index (χ1v) is 7.11. The lowest BCUT2D eigenvalue weighted by Crippen LogP contribution is -2.11. The second kappa shape index (κ2) is 6.24. The Bertz CT molecular complexity index is 831. The monoisotopic (exact) mass is 317 g/mol. The lowest BCUT2D eigenvalue weighted by Gasteiger charge is -2.18. The van der Waals surface area contributed by atoms with Gasteiger partial charge in [0, 0.05) is 10.9 Å². The molecule has 118 valence electrons. The van der Waals surface area contributed by atoms with Crippen LogP contribution in [0.4, 0.5) is 18.9 Å². The van der Waals surface area contributed by atoms with Gasteiger partial charge in [0.05, 0.1) is 29.0 Å². The fourth-order valence-corrected chi connectivity index (χ4v) is 2.50. The Balaban J connectivity index is 1.95. The van der Waals surface area contributed by atoms with Crippen LogP contribution in [0.2, 0.25) is 0 Å². The fraction of sp³-hybridized carbons (Fsp3) is 0.176. The van der Waals surface area contributed by atoms with Gasteiger partial charge in [-0.2, -0.15) is 10.2 Å². The third kappa shape index (κ3) is 2.97. The van der Waals surface area contributed by atoms with E-state index in [9.17, 15) is 13.2 Å². The van der Waals surface area contributed by atoms with Crippen molar-refractivity contribution in [3.63, 3.8) is 0 Å². The third-order valence-corrected chi connectivity index (χ3v) is 3.68. The lowest BCUT2D eigenvalue weighted by atomic mass is 10.0. The highest BCUT2D eigenvalue weighted by Gasteiger charge is 2.19. The quantitative estimate of drug-likeness (QED) is 0.745. The molecule has 23 heavy (non-hydrogen) atoms. The van der Waals surface area contributed by atoms with Crippen LogP contribution in [0.3, 0.4) is 0 Å². The minimum atomic E-state index is -2.84. The molecule has 0 spiro atoms. The normalized spacial score (nSPS) is 12.6. The molecule has 0 aliphatic rings. The smallest absolute Gasteiger partial charge is 0.266 e. The van der Waals surface area contributed by atoms with Crippen molar-refractivity contribution in [3.8, 4) is 0 Å². The molecular weight excluding hydrogens is 303 g/mol. The van der Waals surface area contributed by atoms with E-state index in [1.165, 1.54) is 18.3 Å². The number of anilines is 1. The molecule has 0 fully saturated rings. The van der Waals surface area contributed by atoms with Gasteiger partial charge in [-0.05, 0) is 13.0 Å². The number of nitrogens with zero attached hydrogens (tertiary/aromatic N) is 2. The number of halogens is 3. The van der Waals surface area contributed by atoms with E-state index in [4.69, 9.17) is 0 Å². The maximum Gasteiger partial charge on any atom is 0.266 e. The third-order valence-electron chi connectivity index (χ3n) is 3.68. The highest BCUT2D eigenvalue weighted by molar-refractivity contribution is 5.90. The lowest BCUT2D eigenvalue weighted by molar-refractivity contribution is 0.146. The molecule has 1 aromatic heterocycles. The summed E-state index contributed by atoms with van der Waals surface area (Å²) < 4.78 is 39.9. The summed E-state index contributed by atoms with van der Waals surface area (Å²) in [5, 5.41) is 11.9. The minimum Gasteiger partial charge on any atom is -0.377 e. The summed E-state index contributed by atoms with van der Waals surface area (Å²) in [6.07, 6.45) is -1.31. The first-order chi connectivity index (χ1) is 11.1. The van der Waals surface area contributed by atoms with E-state index in [-0.39, 0.29) is 5.56 Å².